The maximum Gasteiger partial charge on any atom is 0.330 e. The third-order valence-corrected chi connectivity index (χ3v) is 2.54. The summed E-state index contributed by atoms with van der Waals surface area (Å²) in [7, 11) is 0. The summed E-state index contributed by atoms with van der Waals surface area (Å²) < 4.78 is 5.13. The smallest absolute Gasteiger partial charge is 0.330 e. The minimum absolute atomic E-state index is 0.101. The Morgan fingerprint density at radius 3 is 2.85 bits per heavy atom. The lowest BCUT2D eigenvalue weighted by Gasteiger charge is -2.26. The maximum atomic E-state index is 11.0. The van der Waals surface area contributed by atoms with E-state index in [1.165, 1.54) is 0 Å². The van der Waals surface area contributed by atoms with Gasteiger partial charge in [0.15, 0.2) is 0 Å². The fraction of sp³-hybridized carbons (Fsp3) is 0.500. The average Bonchev–Trinajstić information content (AvgIpc) is 2.31. The molecule has 13 heavy (non-hydrogen) atoms. The molecule has 1 unspecified atom stereocenters. The van der Waals surface area contributed by atoms with Crippen LogP contribution in [0.1, 0.15) is 20.3 Å². The van der Waals surface area contributed by atoms with Crippen molar-refractivity contribution in [2.75, 3.05) is 0 Å². The summed E-state index contributed by atoms with van der Waals surface area (Å²) in [5, 5.41) is 0.611. The molecule has 72 valence electrons. The monoisotopic (exact) mass is 200 g/mol. The summed E-state index contributed by atoms with van der Waals surface area (Å²) in [5.41, 5.74) is -0.101. The third-order valence-electron chi connectivity index (χ3n) is 2.18. The molecule has 1 atom stereocenters. The predicted octanol–water partition coefficient (Wildman–Crippen LogP) is 2.64. The van der Waals surface area contributed by atoms with Crippen LogP contribution in [0.2, 0.25) is 0 Å². The molecule has 0 aromatic rings. The van der Waals surface area contributed by atoms with Gasteiger partial charge >= 0.3 is 5.97 Å². The zero-order valence-electron chi connectivity index (χ0n) is 7.84. The molecule has 0 aromatic heterocycles. The molecule has 0 bridgehead atoms. The average molecular weight is 201 g/mol. The number of ether oxygens (including phenoxy) is 1. The van der Waals surface area contributed by atoms with E-state index in [4.69, 9.17) is 16.3 Å². The van der Waals surface area contributed by atoms with Crippen molar-refractivity contribution < 1.29 is 9.53 Å². The molecule has 3 heteroatoms. The van der Waals surface area contributed by atoms with Crippen molar-refractivity contribution in [3.63, 3.8) is 0 Å². The summed E-state index contributed by atoms with van der Waals surface area (Å²) in [6.07, 6.45) is 3.56. The van der Waals surface area contributed by atoms with Crippen molar-refractivity contribution in [1.29, 1.82) is 0 Å². The van der Waals surface area contributed by atoms with Gasteiger partial charge in [-0.1, -0.05) is 38.1 Å². The number of esters is 1. The first kappa shape index (κ1) is 10.3. The van der Waals surface area contributed by atoms with E-state index in [9.17, 15) is 4.79 Å². The van der Waals surface area contributed by atoms with Crippen molar-refractivity contribution in [3.8, 4) is 0 Å². The van der Waals surface area contributed by atoms with Gasteiger partial charge in [0.05, 0.1) is 5.03 Å². The van der Waals surface area contributed by atoms with Crippen LogP contribution in [0.5, 0.6) is 0 Å². The van der Waals surface area contributed by atoms with Gasteiger partial charge in [-0.2, -0.15) is 0 Å². The van der Waals surface area contributed by atoms with Gasteiger partial charge in [-0.05, 0) is 6.42 Å². The number of hydrogen-bond donors (Lipinski definition) is 0. The standard InChI is InChI=1S/C10H13ClO2/c1-4-8(12)13-9-7(11)5-6-10(9,2)3/h4-5,9H,1,6H2,2-3H3. The molecular weight excluding hydrogens is 188 g/mol. The fourth-order valence-corrected chi connectivity index (χ4v) is 1.75. The van der Waals surface area contributed by atoms with E-state index in [0.29, 0.717) is 5.03 Å². The summed E-state index contributed by atoms with van der Waals surface area (Å²) in [5.74, 6) is -0.425. The molecule has 0 aliphatic heterocycles. The van der Waals surface area contributed by atoms with Crippen LogP contribution in [0.15, 0.2) is 23.8 Å². The summed E-state index contributed by atoms with van der Waals surface area (Å²) in [4.78, 5) is 11.0. The number of rotatable bonds is 2. The van der Waals surface area contributed by atoms with Gasteiger partial charge in [-0.3, -0.25) is 0 Å². The van der Waals surface area contributed by atoms with E-state index in [1.54, 1.807) is 0 Å². The number of halogens is 1. The zero-order chi connectivity index (χ0) is 10.1. The van der Waals surface area contributed by atoms with Crippen LogP contribution in [0.25, 0.3) is 0 Å². The summed E-state index contributed by atoms with van der Waals surface area (Å²) >= 11 is 5.91. The minimum atomic E-state index is -0.425. The molecule has 1 rings (SSSR count). The Bertz CT molecular complexity index is 266. The van der Waals surface area contributed by atoms with E-state index < -0.39 is 5.97 Å². The van der Waals surface area contributed by atoms with Gasteiger partial charge in [-0.15, -0.1) is 0 Å². The molecule has 0 saturated heterocycles. The Labute approximate surface area is 83.2 Å². The maximum absolute atomic E-state index is 11.0. The highest BCUT2D eigenvalue weighted by Gasteiger charge is 2.38. The quantitative estimate of drug-likeness (QED) is 0.506. The van der Waals surface area contributed by atoms with Crippen LogP contribution in [0.4, 0.5) is 0 Å². The molecule has 2 nitrogen and oxygen atoms in total. The van der Waals surface area contributed by atoms with Gasteiger partial charge in [0.2, 0.25) is 0 Å². The van der Waals surface area contributed by atoms with Crippen molar-refractivity contribution in [2.24, 2.45) is 5.41 Å². The number of hydrogen-bond acceptors (Lipinski definition) is 2. The van der Waals surface area contributed by atoms with Crippen molar-refractivity contribution >= 4 is 17.6 Å². The van der Waals surface area contributed by atoms with E-state index >= 15 is 0 Å². The molecule has 1 aliphatic carbocycles. The fourth-order valence-electron chi connectivity index (χ4n) is 1.33. The molecule has 0 radical (unpaired) electrons. The zero-order valence-corrected chi connectivity index (χ0v) is 8.60. The van der Waals surface area contributed by atoms with E-state index in [1.807, 2.05) is 19.9 Å². The molecule has 1 aliphatic rings. The van der Waals surface area contributed by atoms with Crippen molar-refractivity contribution in [3.05, 3.63) is 23.8 Å². The lowest BCUT2D eigenvalue weighted by atomic mass is 9.88. The summed E-state index contributed by atoms with van der Waals surface area (Å²) in [6.45, 7) is 7.37. The second kappa shape index (κ2) is 3.54. The van der Waals surface area contributed by atoms with Gasteiger partial charge in [0, 0.05) is 11.5 Å². The molecule has 0 N–H and O–H groups in total. The van der Waals surface area contributed by atoms with Crippen LogP contribution < -0.4 is 0 Å². The van der Waals surface area contributed by atoms with E-state index in [2.05, 4.69) is 6.58 Å². The predicted molar refractivity (Wildman–Crippen MR) is 52.4 cm³/mol. The number of carbonyl (C=O) groups is 1. The van der Waals surface area contributed by atoms with Crippen LogP contribution in [0, 0.1) is 5.41 Å². The Balaban J connectivity index is 2.72. The first-order valence-corrected chi connectivity index (χ1v) is 4.54. The summed E-state index contributed by atoms with van der Waals surface area (Å²) in [6, 6.07) is 0. The number of allylic oxidation sites excluding steroid dienone is 1. The Morgan fingerprint density at radius 2 is 2.46 bits per heavy atom. The first-order chi connectivity index (χ1) is 5.97. The Hall–Kier alpha value is -0.760. The third kappa shape index (κ3) is 2.13. The number of carbonyl (C=O) groups excluding carboxylic acids is 1. The van der Waals surface area contributed by atoms with Crippen LogP contribution in [0.3, 0.4) is 0 Å². The lowest BCUT2D eigenvalue weighted by molar-refractivity contribution is -0.145. The van der Waals surface area contributed by atoms with Crippen LogP contribution in [-0.4, -0.2) is 12.1 Å². The van der Waals surface area contributed by atoms with Crippen LogP contribution in [-0.2, 0) is 9.53 Å². The lowest BCUT2D eigenvalue weighted by Crippen LogP contribution is -2.29. The van der Waals surface area contributed by atoms with Gasteiger partial charge in [-0.25, -0.2) is 4.79 Å². The molecule has 0 heterocycles. The largest absolute Gasteiger partial charge is 0.453 e. The topological polar surface area (TPSA) is 26.3 Å². The van der Waals surface area contributed by atoms with Crippen LogP contribution >= 0.6 is 11.6 Å². The normalized spacial score (nSPS) is 25.2. The van der Waals surface area contributed by atoms with Gasteiger partial charge in [0.1, 0.15) is 6.10 Å². The van der Waals surface area contributed by atoms with Crippen molar-refractivity contribution in [2.45, 2.75) is 26.4 Å². The molecule has 0 aromatic carbocycles. The van der Waals surface area contributed by atoms with Gasteiger partial charge in [0.25, 0.3) is 0 Å². The highest BCUT2D eigenvalue weighted by molar-refractivity contribution is 6.30. The van der Waals surface area contributed by atoms with Crippen molar-refractivity contribution in [1.82, 2.24) is 0 Å². The molecular formula is C10H13ClO2. The SMILES string of the molecule is C=CC(=O)OC1C(Cl)=CCC1(C)C. The first-order valence-electron chi connectivity index (χ1n) is 4.16. The molecule has 0 saturated carbocycles. The minimum Gasteiger partial charge on any atom is -0.453 e. The molecule has 0 amide bonds. The highest BCUT2D eigenvalue weighted by Crippen LogP contribution is 2.40. The Kier molecular flexibility index (Phi) is 2.81. The van der Waals surface area contributed by atoms with E-state index in [-0.39, 0.29) is 11.5 Å². The molecule has 0 fully saturated rings. The van der Waals surface area contributed by atoms with Gasteiger partial charge < -0.3 is 4.74 Å². The Morgan fingerprint density at radius 1 is 1.85 bits per heavy atom. The highest BCUT2D eigenvalue weighted by atomic mass is 35.5. The molecule has 0 spiro atoms. The second-order valence-electron chi connectivity index (χ2n) is 3.80. The second-order valence-corrected chi connectivity index (χ2v) is 4.24. The van der Waals surface area contributed by atoms with E-state index in [0.717, 1.165) is 12.5 Å².